The van der Waals surface area contributed by atoms with Crippen LogP contribution in [0.3, 0.4) is 0 Å². The van der Waals surface area contributed by atoms with Crippen molar-refractivity contribution in [2.75, 3.05) is 20.3 Å². The van der Waals surface area contributed by atoms with Crippen LogP contribution < -0.4 is 15.4 Å². The number of rotatable bonds is 5. The molecule has 1 saturated carbocycles. The molecule has 2 aliphatic rings. The monoisotopic (exact) mass is 362 g/mol. The van der Waals surface area contributed by atoms with Crippen LogP contribution in [0.1, 0.15) is 37.7 Å². The molecule has 1 spiro atoms. The van der Waals surface area contributed by atoms with Gasteiger partial charge in [-0.2, -0.15) is 0 Å². The second kappa shape index (κ2) is 8.51. The van der Waals surface area contributed by atoms with Gasteiger partial charge in [0.1, 0.15) is 11.9 Å². The molecule has 2 amide bonds. The van der Waals surface area contributed by atoms with Crippen LogP contribution in [-0.2, 0) is 25.6 Å². The van der Waals surface area contributed by atoms with Gasteiger partial charge in [0, 0.05) is 31.5 Å². The smallest absolute Gasteiger partial charge is 0.309 e. The maximum absolute atomic E-state index is 12.0. The van der Waals surface area contributed by atoms with E-state index in [2.05, 4.69) is 10.6 Å². The lowest BCUT2D eigenvalue weighted by Crippen LogP contribution is -2.43. The largest absolute Gasteiger partial charge is 0.496 e. The van der Waals surface area contributed by atoms with Crippen molar-refractivity contribution in [3.05, 3.63) is 29.8 Å². The Morgan fingerprint density at radius 1 is 1.15 bits per heavy atom. The Labute approximate surface area is 153 Å². The van der Waals surface area contributed by atoms with E-state index >= 15 is 0 Å². The number of hydrogen-bond acceptors (Lipinski definition) is 5. The van der Waals surface area contributed by atoms with Crippen LogP contribution in [0, 0.1) is 0 Å². The summed E-state index contributed by atoms with van der Waals surface area (Å²) in [5, 5.41) is 5.23. The number of para-hydroxylation sites is 1. The zero-order chi connectivity index (χ0) is 18.4. The Kier molecular flexibility index (Phi) is 6.11. The molecule has 2 fully saturated rings. The summed E-state index contributed by atoms with van der Waals surface area (Å²) in [6.07, 6.45) is 5.00. The second-order valence-corrected chi connectivity index (χ2v) is 6.73. The molecule has 1 aliphatic carbocycles. The van der Waals surface area contributed by atoms with E-state index in [9.17, 15) is 9.59 Å². The van der Waals surface area contributed by atoms with E-state index in [0.717, 1.165) is 31.2 Å². The summed E-state index contributed by atoms with van der Waals surface area (Å²) < 4.78 is 17.0. The first-order chi connectivity index (χ1) is 12.6. The normalized spacial score (nSPS) is 21.3. The molecule has 0 aromatic heterocycles. The van der Waals surface area contributed by atoms with Crippen molar-refractivity contribution in [3.8, 4) is 5.75 Å². The van der Waals surface area contributed by atoms with Crippen LogP contribution in [0.25, 0.3) is 0 Å². The number of hydrogen-bond donors (Lipinski definition) is 2. The molecular weight excluding hydrogens is 336 g/mol. The number of nitrogens with one attached hydrogen (secondary N) is 2. The number of carbonyl (C=O) groups excluding carboxylic acids is 2. The van der Waals surface area contributed by atoms with Crippen LogP contribution in [0.2, 0.25) is 0 Å². The zero-order valence-electron chi connectivity index (χ0n) is 15.1. The molecule has 7 heteroatoms. The number of amides is 2. The van der Waals surface area contributed by atoms with Crippen molar-refractivity contribution in [2.45, 2.75) is 50.5 Å². The van der Waals surface area contributed by atoms with Crippen molar-refractivity contribution in [2.24, 2.45) is 0 Å². The zero-order valence-corrected chi connectivity index (χ0v) is 15.1. The number of carbonyl (C=O) groups is 2. The van der Waals surface area contributed by atoms with E-state index in [1.807, 2.05) is 18.2 Å². The van der Waals surface area contributed by atoms with Gasteiger partial charge in [-0.25, -0.2) is 0 Å². The first-order valence-electron chi connectivity index (χ1n) is 9.11. The fourth-order valence-electron chi connectivity index (χ4n) is 3.46. The molecule has 1 saturated heterocycles. The molecule has 0 radical (unpaired) electrons. The Hall–Kier alpha value is -2.12. The highest BCUT2D eigenvalue weighted by Crippen LogP contribution is 2.37. The predicted molar refractivity (Wildman–Crippen MR) is 94.5 cm³/mol. The van der Waals surface area contributed by atoms with Crippen molar-refractivity contribution in [1.82, 2.24) is 10.6 Å². The summed E-state index contributed by atoms with van der Waals surface area (Å²) in [6.45, 7) is 0.939. The Balaban J connectivity index is 1.41. The minimum Gasteiger partial charge on any atom is -0.496 e. The van der Waals surface area contributed by atoms with Crippen LogP contribution in [0.15, 0.2) is 24.3 Å². The maximum atomic E-state index is 12.0. The fraction of sp³-hybridized carbons (Fsp3) is 0.579. The lowest BCUT2D eigenvalue weighted by Gasteiger charge is -2.31. The summed E-state index contributed by atoms with van der Waals surface area (Å²) in [6, 6.07) is 7.34. The molecule has 26 heavy (non-hydrogen) atoms. The van der Waals surface area contributed by atoms with Crippen molar-refractivity contribution < 1.29 is 23.8 Å². The molecule has 1 aromatic carbocycles. The van der Waals surface area contributed by atoms with Gasteiger partial charge in [0.15, 0.2) is 5.79 Å². The van der Waals surface area contributed by atoms with Gasteiger partial charge in [-0.15, -0.1) is 0 Å². The van der Waals surface area contributed by atoms with Gasteiger partial charge in [-0.3, -0.25) is 9.59 Å². The van der Waals surface area contributed by atoms with Gasteiger partial charge in [-0.05, 0) is 18.9 Å². The average Bonchev–Trinajstić information content (AvgIpc) is 3.07. The van der Waals surface area contributed by atoms with Gasteiger partial charge in [0.05, 0.1) is 13.7 Å². The van der Waals surface area contributed by atoms with E-state index in [1.54, 1.807) is 13.2 Å². The Morgan fingerprint density at radius 2 is 1.88 bits per heavy atom. The second-order valence-electron chi connectivity index (χ2n) is 6.73. The van der Waals surface area contributed by atoms with E-state index in [1.165, 1.54) is 6.42 Å². The van der Waals surface area contributed by atoms with E-state index in [-0.39, 0.29) is 19.2 Å². The maximum Gasteiger partial charge on any atom is 0.309 e. The van der Waals surface area contributed by atoms with Gasteiger partial charge >= 0.3 is 11.8 Å². The third-order valence-electron chi connectivity index (χ3n) is 4.86. The van der Waals surface area contributed by atoms with Gasteiger partial charge in [0.2, 0.25) is 0 Å². The summed E-state index contributed by atoms with van der Waals surface area (Å²) in [5.74, 6) is -1.16. The molecule has 3 rings (SSSR count). The Morgan fingerprint density at radius 3 is 2.65 bits per heavy atom. The number of ether oxygens (including phenoxy) is 3. The van der Waals surface area contributed by atoms with E-state index in [0.29, 0.717) is 12.4 Å². The molecule has 1 aromatic rings. The van der Waals surface area contributed by atoms with Crippen molar-refractivity contribution in [3.63, 3.8) is 0 Å². The lowest BCUT2D eigenvalue weighted by atomic mass is 9.94. The minimum absolute atomic E-state index is 0.209. The van der Waals surface area contributed by atoms with Crippen LogP contribution in [0.5, 0.6) is 5.75 Å². The molecule has 7 nitrogen and oxygen atoms in total. The van der Waals surface area contributed by atoms with Crippen LogP contribution in [0.4, 0.5) is 0 Å². The van der Waals surface area contributed by atoms with Crippen LogP contribution in [-0.4, -0.2) is 44.0 Å². The molecular formula is C19H26N2O5. The van der Waals surface area contributed by atoms with Crippen molar-refractivity contribution >= 4 is 11.8 Å². The number of benzene rings is 1. The van der Waals surface area contributed by atoms with Gasteiger partial charge in [0.25, 0.3) is 0 Å². The van der Waals surface area contributed by atoms with Crippen LogP contribution >= 0.6 is 0 Å². The average molecular weight is 362 g/mol. The summed E-state index contributed by atoms with van der Waals surface area (Å²) in [4.78, 5) is 24.0. The highest BCUT2D eigenvalue weighted by atomic mass is 16.7. The third kappa shape index (κ3) is 4.53. The molecule has 1 aliphatic heterocycles. The highest BCUT2D eigenvalue weighted by molar-refractivity contribution is 6.35. The van der Waals surface area contributed by atoms with Gasteiger partial charge in [-0.1, -0.05) is 24.6 Å². The summed E-state index contributed by atoms with van der Waals surface area (Å²) >= 11 is 0. The molecule has 1 unspecified atom stereocenters. The van der Waals surface area contributed by atoms with Crippen molar-refractivity contribution in [1.29, 1.82) is 0 Å². The fourth-order valence-corrected chi connectivity index (χ4v) is 3.46. The standard InChI is InChI=1S/C19H26N2O5/c1-24-16-8-4-3-7-14(16)11-20-17(22)18(23)21-12-15-13-25-19(26-15)9-5-2-6-10-19/h3-4,7-8,15H,2,5-6,9-13H2,1H3,(H,20,22)(H,21,23). The minimum atomic E-state index is -0.679. The van der Waals surface area contributed by atoms with E-state index < -0.39 is 17.6 Å². The molecule has 2 N–H and O–H groups in total. The molecule has 1 heterocycles. The molecule has 142 valence electrons. The molecule has 1 atom stereocenters. The summed E-state index contributed by atoms with van der Waals surface area (Å²) in [5.41, 5.74) is 0.808. The topological polar surface area (TPSA) is 85.9 Å². The predicted octanol–water partition coefficient (Wildman–Crippen LogP) is 1.50. The lowest BCUT2D eigenvalue weighted by molar-refractivity contribution is -0.186. The molecule has 0 bridgehead atoms. The van der Waals surface area contributed by atoms with Gasteiger partial charge < -0.3 is 24.8 Å². The third-order valence-corrected chi connectivity index (χ3v) is 4.86. The first kappa shape index (κ1) is 18.7. The summed E-state index contributed by atoms with van der Waals surface area (Å²) in [7, 11) is 1.57. The number of methoxy groups -OCH3 is 1. The van der Waals surface area contributed by atoms with E-state index in [4.69, 9.17) is 14.2 Å². The Bertz CT molecular complexity index is 643. The first-order valence-corrected chi connectivity index (χ1v) is 9.11. The highest BCUT2D eigenvalue weighted by Gasteiger charge is 2.42. The SMILES string of the molecule is COc1ccccc1CNC(=O)C(=O)NCC1COC2(CCCCC2)O1. The quantitative estimate of drug-likeness (QED) is 0.776.